The fourth-order valence-corrected chi connectivity index (χ4v) is 2.95. The van der Waals surface area contributed by atoms with Crippen LogP contribution in [0, 0.1) is 0 Å². The molecular weight excluding hydrogens is 370 g/mol. The van der Waals surface area contributed by atoms with Gasteiger partial charge in [-0.25, -0.2) is 23.5 Å². The van der Waals surface area contributed by atoms with E-state index in [1.54, 1.807) is 43.9 Å². The Morgan fingerprint density at radius 1 is 1.21 bits per heavy atom. The lowest BCUT2D eigenvalue weighted by molar-refractivity contribution is -0.0221. The smallest absolute Gasteiger partial charge is 0.413 e. The van der Waals surface area contributed by atoms with Crippen LogP contribution in [-0.4, -0.2) is 47.8 Å². The number of anilines is 2. The number of fused-ring (bicyclic) bond motifs is 1. The molecule has 0 aromatic carbocycles. The number of halogens is 2. The molecule has 1 N–H and O–H groups in total. The van der Waals surface area contributed by atoms with Crippen molar-refractivity contribution in [1.82, 2.24) is 9.97 Å². The number of nitrogens with one attached hydrogen (secondary N) is 1. The molecule has 2 aromatic heterocycles. The third-order valence-electron chi connectivity index (χ3n) is 4.26. The van der Waals surface area contributed by atoms with E-state index in [9.17, 15) is 13.6 Å². The number of hydrogen-bond donors (Lipinski definition) is 1. The van der Waals surface area contributed by atoms with Gasteiger partial charge in [-0.3, -0.25) is 5.32 Å². The fourth-order valence-electron chi connectivity index (χ4n) is 2.95. The van der Waals surface area contributed by atoms with Gasteiger partial charge < -0.3 is 14.4 Å². The van der Waals surface area contributed by atoms with E-state index >= 15 is 0 Å². The maximum atomic E-state index is 13.6. The third kappa shape index (κ3) is 4.76. The molecule has 1 aliphatic heterocycles. The maximum Gasteiger partial charge on any atom is 0.413 e. The van der Waals surface area contributed by atoms with Gasteiger partial charge in [0.05, 0.1) is 7.11 Å². The first-order chi connectivity index (χ1) is 13.1. The molecule has 1 saturated heterocycles. The van der Waals surface area contributed by atoms with Gasteiger partial charge in [0, 0.05) is 37.4 Å². The molecule has 1 fully saturated rings. The second-order valence-electron chi connectivity index (χ2n) is 7.73. The van der Waals surface area contributed by atoms with Crippen molar-refractivity contribution < 1.29 is 23.0 Å². The lowest BCUT2D eigenvalue weighted by atomic mass is 10.1. The molecule has 0 unspecified atom stereocenters. The maximum absolute atomic E-state index is 13.6. The van der Waals surface area contributed by atoms with E-state index in [0.717, 1.165) is 0 Å². The number of carbonyl (C=O) groups excluding carboxylic acids is 1. The Morgan fingerprint density at radius 2 is 1.89 bits per heavy atom. The van der Waals surface area contributed by atoms with Crippen molar-refractivity contribution in [3.63, 3.8) is 0 Å². The molecule has 0 bridgehead atoms. The number of alkyl halides is 2. The van der Waals surface area contributed by atoms with E-state index in [4.69, 9.17) is 9.47 Å². The predicted molar refractivity (Wildman–Crippen MR) is 102 cm³/mol. The average molecular weight is 394 g/mol. The highest BCUT2D eigenvalue weighted by molar-refractivity contribution is 5.94. The Bertz CT molecular complexity index is 873. The van der Waals surface area contributed by atoms with Crippen molar-refractivity contribution >= 4 is 28.6 Å². The highest BCUT2D eigenvalue weighted by Gasteiger charge is 2.35. The van der Waals surface area contributed by atoms with Crippen LogP contribution in [-0.2, 0) is 4.74 Å². The van der Waals surface area contributed by atoms with Crippen LogP contribution < -0.4 is 15.0 Å². The first-order valence-corrected chi connectivity index (χ1v) is 9.05. The van der Waals surface area contributed by atoms with Gasteiger partial charge in [-0.15, -0.1) is 0 Å². The van der Waals surface area contributed by atoms with Crippen LogP contribution in [0.4, 0.5) is 25.2 Å². The van der Waals surface area contributed by atoms with Gasteiger partial charge in [0.25, 0.3) is 5.92 Å². The van der Waals surface area contributed by atoms with Crippen LogP contribution in [0.25, 0.3) is 10.9 Å². The molecule has 0 radical (unpaired) electrons. The number of ether oxygens (including phenoxy) is 2. The average Bonchev–Trinajstić information content (AvgIpc) is 2.59. The summed E-state index contributed by atoms with van der Waals surface area (Å²) in [5.74, 6) is -1.59. The summed E-state index contributed by atoms with van der Waals surface area (Å²) in [5, 5.41) is 3.31. The predicted octanol–water partition coefficient (Wildman–Crippen LogP) is 4.22. The Kier molecular flexibility index (Phi) is 5.27. The second kappa shape index (κ2) is 7.37. The fraction of sp³-hybridized carbons (Fsp3) is 0.526. The van der Waals surface area contributed by atoms with Crippen molar-refractivity contribution in [2.24, 2.45) is 0 Å². The number of amides is 1. The highest BCUT2D eigenvalue weighted by atomic mass is 19.3. The summed E-state index contributed by atoms with van der Waals surface area (Å²) in [7, 11) is 1.50. The molecule has 0 atom stereocenters. The molecule has 0 saturated carbocycles. The summed E-state index contributed by atoms with van der Waals surface area (Å²) in [6, 6.07) is 5.13. The summed E-state index contributed by atoms with van der Waals surface area (Å²) in [6.07, 6.45) is -1.16. The van der Waals surface area contributed by atoms with Crippen molar-refractivity contribution in [2.45, 2.75) is 45.1 Å². The summed E-state index contributed by atoms with van der Waals surface area (Å²) in [5.41, 5.74) is -0.128. The summed E-state index contributed by atoms with van der Waals surface area (Å²) in [4.78, 5) is 22.8. The zero-order valence-corrected chi connectivity index (χ0v) is 16.4. The summed E-state index contributed by atoms with van der Waals surface area (Å²) >= 11 is 0. The Hall–Kier alpha value is -2.71. The van der Waals surface area contributed by atoms with Crippen LogP contribution in [0.1, 0.15) is 33.6 Å². The molecular formula is C19H24F2N4O3. The molecule has 7 nitrogen and oxygen atoms in total. The number of methoxy groups -OCH3 is 1. The monoisotopic (exact) mass is 394 g/mol. The topological polar surface area (TPSA) is 76.6 Å². The van der Waals surface area contributed by atoms with Gasteiger partial charge in [-0.1, -0.05) is 0 Å². The molecule has 3 heterocycles. The molecule has 3 rings (SSSR count). The third-order valence-corrected chi connectivity index (χ3v) is 4.26. The van der Waals surface area contributed by atoms with Crippen molar-refractivity contribution in [3.8, 4) is 5.88 Å². The lowest BCUT2D eigenvalue weighted by Crippen LogP contribution is -2.40. The molecule has 28 heavy (non-hydrogen) atoms. The van der Waals surface area contributed by atoms with Crippen molar-refractivity contribution in [1.29, 1.82) is 0 Å². The van der Waals surface area contributed by atoms with Crippen LogP contribution in [0.5, 0.6) is 5.88 Å². The second-order valence-corrected chi connectivity index (χ2v) is 7.73. The van der Waals surface area contributed by atoms with Gasteiger partial charge >= 0.3 is 6.09 Å². The van der Waals surface area contributed by atoms with Crippen LogP contribution in [0.3, 0.4) is 0 Å². The van der Waals surface area contributed by atoms with Gasteiger partial charge in [-0.2, -0.15) is 0 Å². The zero-order chi connectivity index (χ0) is 20.5. The number of piperidine rings is 1. The number of rotatable bonds is 3. The van der Waals surface area contributed by atoms with E-state index in [2.05, 4.69) is 15.3 Å². The van der Waals surface area contributed by atoms with E-state index in [1.807, 2.05) is 0 Å². The van der Waals surface area contributed by atoms with Crippen LogP contribution in [0.2, 0.25) is 0 Å². The van der Waals surface area contributed by atoms with Crippen LogP contribution >= 0.6 is 0 Å². The molecule has 0 aliphatic carbocycles. The van der Waals surface area contributed by atoms with Crippen molar-refractivity contribution in [2.75, 3.05) is 30.4 Å². The lowest BCUT2D eigenvalue weighted by Gasteiger charge is -2.33. The van der Waals surface area contributed by atoms with Gasteiger partial charge in [-0.05, 0) is 32.9 Å². The summed E-state index contributed by atoms with van der Waals surface area (Å²) in [6.45, 7) is 5.57. The molecule has 1 amide bonds. The minimum atomic E-state index is -2.68. The van der Waals surface area contributed by atoms with Gasteiger partial charge in [0.1, 0.15) is 16.9 Å². The number of nitrogens with zero attached hydrogens (tertiary/aromatic N) is 3. The molecule has 0 spiro atoms. The largest absolute Gasteiger partial charge is 0.481 e. The number of hydrogen-bond acceptors (Lipinski definition) is 6. The SMILES string of the molecule is COc1ccc2cc(NC(=O)OC(C)(C)C)nc(N3CCC(F)(F)CC3)c2n1. The minimum Gasteiger partial charge on any atom is -0.481 e. The number of aromatic nitrogens is 2. The van der Waals surface area contributed by atoms with Crippen molar-refractivity contribution in [3.05, 3.63) is 18.2 Å². The normalized spacial score (nSPS) is 16.7. The number of carbonyl (C=O) groups is 1. The zero-order valence-electron chi connectivity index (χ0n) is 16.4. The van der Waals surface area contributed by atoms with E-state index < -0.39 is 17.6 Å². The van der Waals surface area contributed by atoms with E-state index in [0.29, 0.717) is 22.6 Å². The molecule has 9 heteroatoms. The highest BCUT2D eigenvalue weighted by Crippen LogP contribution is 2.34. The Balaban J connectivity index is 1.97. The number of pyridine rings is 2. The first kappa shape index (κ1) is 20.0. The van der Waals surface area contributed by atoms with E-state index in [1.165, 1.54) is 7.11 Å². The Morgan fingerprint density at radius 3 is 2.50 bits per heavy atom. The molecule has 1 aliphatic rings. The van der Waals surface area contributed by atoms with Gasteiger partial charge in [0.15, 0.2) is 5.82 Å². The van der Waals surface area contributed by atoms with E-state index in [-0.39, 0.29) is 31.7 Å². The van der Waals surface area contributed by atoms with Gasteiger partial charge in [0.2, 0.25) is 5.88 Å². The van der Waals surface area contributed by atoms with Crippen LogP contribution in [0.15, 0.2) is 18.2 Å². The molecule has 152 valence electrons. The minimum absolute atomic E-state index is 0.143. The Labute approximate surface area is 162 Å². The quantitative estimate of drug-likeness (QED) is 0.840. The summed E-state index contributed by atoms with van der Waals surface area (Å²) < 4.78 is 37.6. The first-order valence-electron chi connectivity index (χ1n) is 9.05. The molecule has 2 aromatic rings. The standard InChI is InChI=1S/C19H24F2N4O3/c1-18(2,3)28-17(26)23-13-11-12-5-6-14(27-4)24-15(12)16(22-13)25-9-7-19(20,21)8-10-25/h5-6,11H,7-10H2,1-4H3,(H,22,23,26).